The molecular weight excluding hydrogens is 230 g/mol. The Morgan fingerprint density at radius 1 is 1.11 bits per heavy atom. The summed E-state index contributed by atoms with van der Waals surface area (Å²) in [5.41, 5.74) is 1.03. The molecule has 1 heterocycles. The molecule has 0 aliphatic heterocycles. The van der Waals surface area contributed by atoms with Crippen molar-refractivity contribution in [2.45, 2.75) is 6.92 Å². The zero-order valence-corrected chi connectivity index (χ0v) is 10.2. The van der Waals surface area contributed by atoms with Crippen molar-refractivity contribution in [3.05, 3.63) is 58.5 Å². The molecule has 2 rings (SSSR count). The Bertz CT molecular complexity index is 626. The second-order valence-electron chi connectivity index (χ2n) is 3.88. The molecule has 0 saturated carbocycles. The molecule has 2 aromatic rings. The molecule has 4 heteroatoms. The van der Waals surface area contributed by atoms with Gasteiger partial charge in [0, 0.05) is 23.5 Å². The van der Waals surface area contributed by atoms with Gasteiger partial charge in [0.1, 0.15) is 5.75 Å². The fraction of sp³-hybridized carbons (Fsp3) is 0.143. The van der Waals surface area contributed by atoms with Crippen molar-refractivity contribution >= 4 is 5.78 Å². The SMILES string of the molecule is COc1ccc(-n2cc(C(C)=O)ccc2=O)cc1. The molecule has 0 radical (unpaired) electrons. The second-order valence-corrected chi connectivity index (χ2v) is 3.88. The van der Waals surface area contributed by atoms with Crippen LogP contribution in [0.4, 0.5) is 0 Å². The van der Waals surface area contributed by atoms with Gasteiger partial charge in [-0.3, -0.25) is 14.2 Å². The number of carbonyl (C=O) groups excluding carboxylic acids is 1. The standard InChI is InChI=1S/C14H13NO3/c1-10(16)11-3-8-14(17)15(9-11)12-4-6-13(18-2)7-5-12/h3-9H,1-2H3. The molecule has 18 heavy (non-hydrogen) atoms. The van der Waals surface area contributed by atoms with Crippen molar-refractivity contribution in [2.24, 2.45) is 0 Å². The minimum atomic E-state index is -0.176. The maximum atomic E-state index is 11.8. The maximum absolute atomic E-state index is 11.8. The fourth-order valence-corrected chi connectivity index (χ4v) is 1.64. The van der Waals surface area contributed by atoms with Gasteiger partial charge in [-0.05, 0) is 37.3 Å². The summed E-state index contributed by atoms with van der Waals surface area (Å²) in [5, 5.41) is 0. The summed E-state index contributed by atoms with van der Waals surface area (Å²) in [4.78, 5) is 23.1. The predicted molar refractivity (Wildman–Crippen MR) is 68.6 cm³/mol. The molecule has 0 N–H and O–H groups in total. The van der Waals surface area contributed by atoms with Gasteiger partial charge in [0.25, 0.3) is 5.56 Å². The van der Waals surface area contributed by atoms with E-state index in [0.717, 1.165) is 5.75 Å². The van der Waals surface area contributed by atoms with E-state index in [1.807, 2.05) is 0 Å². The smallest absolute Gasteiger partial charge is 0.255 e. The third kappa shape index (κ3) is 2.32. The molecule has 0 atom stereocenters. The quantitative estimate of drug-likeness (QED) is 0.775. The van der Waals surface area contributed by atoms with Crippen LogP contribution in [0.3, 0.4) is 0 Å². The number of hydrogen-bond acceptors (Lipinski definition) is 3. The molecule has 0 aliphatic rings. The monoisotopic (exact) mass is 243 g/mol. The van der Waals surface area contributed by atoms with Gasteiger partial charge in [0.15, 0.2) is 5.78 Å². The van der Waals surface area contributed by atoms with Crippen molar-refractivity contribution in [1.82, 2.24) is 4.57 Å². The van der Waals surface area contributed by atoms with E-state index in [9.17, 15) is 9.59 Å². The first-order chi connectivity index (χ1) is 8.61. The second kappa shape index (κ2) is 4.87. The van der Waals surface area contributed by atoms with Gasteiger partial charge >= 0.3 is 0 Å². The number of rotatable bonds is 3. The van der Waals surface area contributed by atoms with E-state index in [1.54, 1.807) is 37.6 Å². The summed E-state index contributed by atoms with van der Waals surface area (Å²) < 4.78 is 6.50. The Morgan fingerprint density at radius 3 is 2.33 bits per heavy atom. The van der Waals surface area contributed by atoms with Gasteiger partial charge in [0.05, 0.1) is 7.11 Å². The summed E-state index contributed by atoms with van der Waals surface area (Å²) >= 11 is 0. The van der Waals surface area contributed by atoms with Crippen molar-refractivity contribution in [1.29, 1.82) is 0 Å². The number of pyridine rings is 1. The number of aromatic nitrogens is 1. The lowest BCUT2D eigenvalue weighted by Gasteiger charge is -2.07. The van der Waals surface area contributed by atoms with Crippen LogP contribution < -0.4 is 10.3 Å². The molecule has 0 bridgehead atoms. The van der Waals surface area contributed by atoms with Crippen molar-refractivity contribution in [3.8, 4) is 11.4 Å². The first kappa shape index (κ1) is 12.1. The van der Waals surface area contributed by atoms with Crippen LogP contribution in [-0.2, 0) is 0 Å². The summed E-state index contributed by atoms with van der Waals surface area (Å²) in [6, 6.07) is 9.99. The number of benzene rings is 1. The van der Waals surface area contributed by atoms with Crippen LogP contribution in [0, 0.1) is 0 Å². The number of hydrogen-bond donors (Lipinski definition) is 0. The van der Waals surface area contributed by atoms with E-state index in [4.69, 9.17) is 4.74 Å². The van der Waals surface area contributed by atoms with Crippen LogP contribution in [-0.4, -0.2) is 17.5 Å². The van der Waals surface area contributed by atoms with Gasteiger partial charge in [-0.1, -0.05) is 0 Å². The molecule has 0 fully saturated rings. The molecule has 0 unspecified atom stereocenters. The topological polar surface area (TPSA) is 48.3 Å². The maximum Gasteiger partial charge on any atom is 0.255 e. The molecule has 0 amide bonds. The van der Waals surface area contributed by atoms with Crippen LogP contribution in [0.15, 0.2) is 47.4 Å². The highest BCUT2D eigenvalue weighted by Crippen LogP contribution is 2.14. The molecule has 0 spiro atoms. The Labute approximate surface area is 104 Å². The van der Waals surface area contributed by atoms with Crippen LogP contribution in [0.25, 0.3) is 5.69 Å². The first-order valence-electron chi connectivity index (χ1n) is 5.50. The molecular formula is C14H13NO3. The lowest BCUT2D eigenvalue weighted by atomic mass is 10.2. The molecule has 0 aliphatic carbocycles. The summed E-state index contributed by atoms with van der Waals surface area (Å²) in [7, 11) is 1.58. The van der Waals surface area contributed by atoms with Gasteiger partial charge < -0.3 is 4.74 Å². The Balaban J connectivity index is 2.51. The zero-order valence-electron chi connectivity index (χ0n) is 10.2. The van der Waals surface area contributed by atoms with E-state index in [1.165, 1.54) is 23.6 Å². The molecule has 1 aromatic heterocycles. The molecule has 4 nitrogen and oxygen atoms in total. The predicted octanol–water partition coefficient (Wildman–Crippen LogP) is 2.05. The van der Waals surface area contributed by atoms with Crippen molar-refractivity contribution < 1.29 is 9.53 Å². The number of ether oxygens (including phenoxy) is 1. The molecule has 92 valence electrons. The van der Waals surface area contributed by atoms with Gasteiger partial charge in [-0.2, -0.15) is 0 Å². The highest BCUT2D eigenvalue weighted by atomic mass is 16.5. The Kier molecular flexibility index (Phi) is 3.28. The lowest BCUT2D eigenvalue weighted by Crippen LogP contribution is -2.17. The highest BCUT2D eigenvalue weighted by molar-refractivity contribution is 5.93. The largest absolute Gasteiger partial charge is 0.497 e. The van der Waals surface area contributed by atoms with Gasteiger partial charge in [-0.25, -0.2) is 0 Å². The van der Waals surface area contributed by atoms with E-state index in [0.29, 0.717) is 11.3 Å². The number of Topliss-reactive ketones (excluding diaryl/α,β-unsaturated/α-hetero) is 1. The summed E-state index contributed by atoms with van der Waals surface area (Å²) in [5.74, 6) is 0.645. The minimum absolute atomic E-state index is 0.0720. The zero-order chi connectivity index (χ0) is 13.1. The van der Waals surface area contributed by atoms with Crippen molar-refractivity contribution in [3.63, 3.8) is 0 Å². The Morgan fingerprint density at radius 2 is 1.78 bits per heavy atom. The third-order valence-electron chi connectivity index (χ3n) is 2.67. The van der Waals surface area contributed by atoms with E-state index < -0.39 is 0 Å². The van der Waals surface area contributed by atoms with Gasteiger partial charge in [0.2, 0.25) is 0 Å². The van der Waals surface area contributed by atoms with E-state index in [2.05, 4.69) is 0 Å². The van der Waals surface area contributed by atoms with Crippen molar-refractivity contribution in [2.75, 3.05) is 7.11 Å². The Hall–Kier alpha value is -2.36. The van der Waals surface area contributed by atoms with Gasteiger partial charge in [-0.15, -0.1) is 0 Å². The minimum Gasteiger partial charge on any atom is -0.497 e. The third-order valence-corrected chi connectivity index (χ3v) is 2.67. The average molecular weight is 243 g/mol. The number of ketones is 1. The molecule has 0 saturated heterocycles. The number of methoxy groups -OCH3 is 1. The van der Waals surface area contributed by atoms with E-state index >= 15 is 0 Å². The number of carbonyl (C=O) groups is 1. The van der Waals surface area contributed by atoms with E-state index in [-0.39, 0.29) is 11.3 Å². The number of nitrogens with zero attached hydrogens (tertiary/aromatic N) is 1. The van der Waals surface area contributed by atoms with Crippen LogP contribution in [0.5, 0.6) is 5.75 Å². The highest BCUT2D eigenvalue weighted by Gasteiger charge is 2.04. The normalized spacial score (nSPS) is 10.1. The van der Waals surface area contributed by atoms with Crippen LogP contribution in [0.1, 0.15) is 17.3 Å². The lowest BCUT2D eigenvalue weighted by molar-refractivity contribution is 0.101. The first-order valence-corrected chi connectivity index (χ1v) is 5.50. The fourth-order valence-electron chi connectivity index (χ4n) is 1.64. The van der Waals surface area contributed by atoms with Crippen LogP contribution >= 0.6 is 0 Å². The molecule has 1 aromatic carbocycles. The summed E-state index contributed by atoms with van der Waals surface area (Å²) in [6.45, 7) is 1.47. The average Bonchev–Trinajstić information content (AvgIpc) is 2.39. The van der Waals surface area contributed by atoms with Crippen LogP contribution in [0.2, 0.25) is 0 Å². The summed E-state index contributed by atoms with van der Waals surface area (Å²) in [6.07, 6.45) is 1.55.